The van der Waals surface area contributed by atoms with Crippen molar-refractivity contribution in [3.8, 4) is 0 Å². The second-order valence-corrected chi connectivity index (χ2v) is 5.07. The largest absolute Gasteiger partial charge is 0.399 e. The third-order valence-corrected chi connectivity index (χ3v) is 3.21. The van der Waals surface area contributed by atoms with Crippen molar-refractivity contribution in [2.24, 2.45) is 20.5 Å². The number of azo groups is 2. The van der Waals surface area contributed by atoms with Crippen LogP contribution in [-0.2, 0) is 0 Å². The Morgan fingerprint density at radius 3 is 1.21 bits per heavy atom. The van der Waals surface area contributed by atoms with E-state index in [0.717, 1.165) is 11.4 Å². The summed E-state index contributed by atoms with van der Waals surface area (Å²) in [4.78, 5) is 0. The van der Waals surface area contributed by atoms with Gasteiger partial charge in [-0.15, -0.1) is 10.2 Å². The van der Waals surface area contributed by atoms with Crippen molar-refractivity contribution in [2.75, 3.05) is 11.5 Å². The molecule has 3 rings (SSSR count). The standard InChI is InChI=1S/C18H16N6/c19-13-5-9-15(10-6-13)21-23-17-3-1-2-4-18(17)24-22-16-11-7-14(20)8-12-16/h1-12H,19-20H2. The van der Waals surface area contributed by atoms with Crippen molar-refractivity contribution >= 4 is 34.1 Å². The zero-order chi connectivity index (χ0) is 16.8. The molecule has 0 aliphatic heterocycles. The van der Waals surface area contributed by atoms with Crippen LogP contribution >= 0.6 is 0 Å². The van der Waals surface area contributed by atoms with Gasteiger partial charge in [0.1, 0.15) is 11.4 Å². The van der Waals surface area contributed by atoms with Gasteiger partial charge in [-0.25, -0.2) is 0 Å². The van der Waals surface area contributed by atoms with Crippen molar-refractivity contribution in [2.45, 2.75) is 0 Å². The highest BCUT2D eigenvalue weighted by Gasteiger charge is 1.99. The topological polar surface area (TPSA) is 101 Å². The van der Waals surface area contributed by atoms with E-state index in [9.17, 15) is 0 Å². The highest BCUT2D eigenvalue weighted by atomic mass is 15.2. The molecule has 0 atom stereocenters. The molecule has 0 saturated heterocycles. The highest BCUT2D eigenvalue weighted by molar-refractivity contribution is 5.61. The Morgan fingerprint density at radius 1 is 0.458 bits per heavy atom. The smallest absolute Gasteiger partial charge is 0.113 e. The molecule has 3 aromatic rings. The van der Waals surface area contributed by atoms with E-state index < -0.39 is 0 Å². The Morgan fingerprint density at radius 2 is 0.833 bits per heavy atom. The van der Waals surface area contributed by atoms with Gasteiger partial charge in [0.2, 0.25) is 0 Å². The average Bonchev–Trinajstić information content (AvgIpc) is 2.61. The Labute approximate surface area is 139 Å². The minimum atomic E-state index is 0.633. The highest BCUT2D eigenvalue weighted by Crippen LogP contribution is 2.30. The molecular weight excluding hydrogens is 300 g/mol. The van der Waals surface area contributed by atoms with E-state index >= 15 is 0 Å². The number of benzene rings is 3. The molecule has 0 spiro atoms. The molecule has 0 aliphatic rings. The lowest BCUT2D eigenvalue weighted by molar-refractivity contribution is 1.18. The number of rotatable bonds is 4. The SMILES string of the molecule is Nc1ccc(N=Nc2ccccc2N=Nc2ccc(N)cc2)cc1. The van der Waals surface area contributed by atoms with Gasteiger partial charge in [-0.3, -0.25) is 0 Å². The van der Waals surface area contributed by atoms with Crippen LogP contribution in [-0.4, -0.2) is 0 Å². The minimum absolute atomic E-state index is 0.633. The van der Waals surface area contributed by atoms with Gasteiger partial charge in [0.15, 0.2) is 0 Å². The van der Waals surface area contributed by atoms with Crippen LogP contribution in [0.3, 0.4) is 0 Å². The van der Waals surface area contributed by atoms with E-state index in [0.29, 0.717) is 22.7 Å². The van der Waals surface area contributed by atoms with Gasteiger partial charge in [-0.05, 0) is 60.7 Å². The van der Waals surface area contributed by atoms with E-state index in [1.807, 2.05) is 24.3 Å². The Hall–Kier alpha value is -3.54. The fourth-order valence-electron chi connectivity index (χ4n) is 1.94. The third kappa shape index (κ3) is 4.01. The Kier molecular flexibility index (Phi) is 4.57. The Balaban J connectivity index is 1.82. The van der Waals surface area contributed by atoms with Crippen LogP contribution in [0.2, 0.25) is 0 Å². The maximum absolute atomic E-state index is 5.65. The number of hydrogen-bond donors (Lipinski definition) is 2. The molecule has 6 nitrogen and oxygen atoms in total. The molecule has 0 radical (unpaired) electrons. The zero-order valence-electron chi connectivity index (χ0n) is 12.9. The lowest BCUT2D eigenvalue weighted by atomic mass is 10.3. The van der Waals surface area contributed by atoms with Crippen LogP contribution in [0.1, 0.15) is 0 Å². The molecular formula is C18H16N6. The first-order chi connectivity index (χ1) is 11.7. The third-order valence-electron chi connectivity index (χ3n) is 3.21. The summed E-state index contributed by atoms with van der Waals surface area (Å²) in [5, 5.41) is 16.9. The van der Waals surface area contributed by atoms with Gasteiger partial charge >= 0.3 is 0 Å². The first-order valence-corrected chi connectivity index (χ1v) is 7.34. The van der Waals surface area contributed by atoms with Crippen LogP contribution in [0.25, 0.3) is 0 Å². The molecule has 24 heavy (non-hydrogen) atoms. The summed E-state index contributed by atoms with van der Waals surface area (Å²) < 4.78 is 0. The lowest BCUT2D eigenvalue weighted by Crippen LogP contribution is -1.80. The summed E-state index contributed by atoms with van der Waals surface area (Å²) in [6.07, 6.45) is 0. The van der Waals surface area contributed by atoms with Crippen molar-refractivity contribution in [3.05, 3.63) is 72.8 Å². The predicted molar refractivity (Wildman–Crippen MR) is 96.5 cm³/mol. The fraction of sp³-hybridized carbons (Fsp3) is 0. The first kappa shape index (κ1) is 15.4. The molecule has 0 aromatic heterocycles. The van der Waals surface area contributed by atoms with Gasteiger partial charge < -0.3 is 11.5 Å². The molecule has 0 aliphatic carbocycles. The number of nitrogens with two attached hydrogens (primary N) is 2. The number of nitrogen functional groups attached to an aromatic ring is 2. The average molecular weight is 316 g/mol. The Bertz CT molecular complexity index is 792. The molecule has 118 valence electrons. The summed E-state index contributed by atoms with van der Waals surface area (Å²) in [6, 6.07) is 21.7. The van der Waals surface area contributed by atoms with Crippen molar-refractivity contribution in [1.29, 1.82) is 0 Å². The summed E-state index contributed by atoms with van der Waals surface area (Å²) >= 11 is 0. The number of nitrogens with zero attached hydrogens (tertiary/aromatic N) is 4. The van der Waals surface area contributed by atoms with E-state index in [2.05, 4.69) is 20.5 Å². The van der Waals surface area contributed by atoms with Gasteiger partial charge in [0, 0.05) is 11.4 Å². The van der Waals surface area contributed by atoms with Gasteiger partial charge in [-0.2, -0.15) is 10.2 Å². The summed E-state index contributed by atoms with van der Waals surface area (Å²) in [6.45, 7) is 0. The van der Waals surface area contributed by atoms with Crippen LogP contribution in [0.5, 0.6) is 0 Å². The van der Waals surface area contributed by atoms with E-state index in [1.165, 1.54) is 0 Å². The van der Waals surface area contributed by atoms with Gasteiger partial charge in [0.25, 0.3) is 0 Å². The minimum Gasteiger partial charge on any atom is -0.399 e. The zero-order valence-corrected chi connectivity index (χ0v) is 12.9. The van der Waals surface area contributed by atoms with Crippen LogP contribution in [0.15, 0.2) is 93.3 Å². The maximum atomic E-state index is 5.65. The molecule has 6 heteroatoms. The van der Waals surface area contributed by atoms with Crippen molar-refractivity contribution in [1.82, 2.24) is 0 Å². The maximum Gasteiger partial charge on any atom is 0.113 e. The van der Waals surface area contributed by atoms with Crippen LogP contribution in [0, 0.1) is 0 Å². The van der Waals surface area contributed by atoms with E-state index in [4.69, 9.17) is 11.5 Å². The fourth-order valence-corrected chi connectivity index (χ4v) is 1.94. The quantitative estimate of drug-likeness (QED) is 0.477. The summed E-state index contributed by atoms with van der Waals surface area (Å²) in [5.41, 5.74) is 15.4. The second kappa shape index (κ2) is 7.15. The number of hydrogen-bond acceptors (Lipinski definition) is 6. The monoisotopic (exact) mass is 316 g/mol. The first-order valence-electron chi connectivity index (χ1n) is 7.34. The molecule has 0 unspecified atom stereocenters. The van der Waals surface area contributed by atoms with E-state index in [1.54, 1.807) is 48.5 Å². The summed E-state index contributed by atoms with van der Waals surface area (Å²) in [7, 11) is 0. The lowest BCUT2D eigenvalue weighted by Gasteiger charge is -1.99. The molecule has 0 saturated carbocycles. The summed E-state index contributed by atoms with van der Waals surface area (Å²) in [5.74, 6) is 0. The molecule has 3 aromatic carbocycles. The predicted octanol–water partition coefficient (Wildman–Crippen LogP) is 5.68. The van der Waals surface area contributed by atoms with Crippen LogP contribution in [0.4, 0.5) is 34.1 Å². The van der Waals surface area contributed by atoms with Gasteiger partial charge in [-0.1, -0.05) is 12.1 Å². The molecule has 4 N–H and O–H groups in total. The molecule has 0 amide bonds. The molecule has 0 bridgehead atoms. The van der Waals surface area contributed by atoms with E-state index in [-0.39, 0.29) is 0 Å². The van der Waals surface area contributed by atoms with Crippen molar-refractivity contribution in [3.63, 3.8) is 0 Å². The van der Waals surface area contributed by atoms with Crippen LogP contribution < -0.4 is 11.5 Å². The normalized spacial score (nSPS) is 11.3. The van der Waals surface area contributed by atoms with Crippen molar-refractivity contribution < 1.29 is 0 Å². The number of anilines is 2. The molecule has 0 fully saturated rings. The second-order valence-electron chi connectivity index (χ2n) is 5.07. The van der Waals surface area contributed by atoms with Gasteiger partial charge in [0.05, 0.1) is 11.4 Å². The molecule has 0 heterocycles.